The molecule has 1 fully saturated rings. The normalized spacial score (nSPS) is 16.6. The first-order chi connectivity index (χ1) is 16.5. The number of amides is 2. The SMILES string of the molecule is O=C(Nc1cccc(C(=O)N2CCC[C@H]2C(=O)O)c1)OCC1c2ccccc2-c2ccccc21. The number of carbonyl (C=O) groups is 3. The molecule has 0 radical (unpaired) electrons. The van der Waals surface area contributed by atoms with Gasteiger partial charge >= 0.3 is 12.1 Å². The third kappa shape index (κ3) is 4.01. The van der Waals surface area contributed by atoms with Crippen LogP contribution in [-0.2, 0) is 9.53 Å². The molecule has 1 saturated heterocycles. The average Bonchev–Trinajstić information content (AvgIpc) is 3.46. The van der Waals surface area contributed by atoms with Crippen molar-refractivity contribution in [1.29, 1.82) is 0 Å². The van der Waals surface area contributed by atoms with Gasteiger partial charge in [0, 0.05) is 23.7 Å². The maximum atomic E-state index is 12.9. The molecule has 0 spiro atoms. The number of aliphatic carboxylic acids is 1. The van der Waals surface area contributed by atoms with Crippen LogP contribution in [-0.4, -0.2) is 47.2 Å². The van der Waals surface area contributed by atoms with E-state index in [2.05, 4.69) is 29.6 Å². The largest absolute Gasteiger partial charge is 0.480 e. The van der Waals surface area contributed by atoms with Crippen molar-refractivity contribution in [2.24, 2.45) is 0 Å². The summed E-state index contributed by atoms with van der Waals surface area (Å²) < 4.78 is 5.57. The number of hydrogen-bond donors (Lipinski definition) is 2. The number of carboxylic acid groups (broad SMARTS) is 1. The number of nitrogens with one attached hydrogen (secondary N) is 1. The Kier molecular flexibility index (Phi) is 5.76. The van der Waals surface area contributed by atoms with Crippen LogP contribution in [0.25, 0.3) is 11.1 Å². The highest BCUT2D eigenvalue weighted by Gasteiger charge is 2.34. The standard InChI is InChI=1S/C27H24N2O5/c30-25(29-14-6-13-24(29)26(31)32)17-7-5-8-18(15-17)28-27(33)34-16-23-21-11-3-1-9-19(21)20-10-2-4-12-22(20)23/h1-5,7-12,15,23-24H,6,13-14,16H2,(H,28,33)(H,31,32)/t24-/m0/s1. The molecular weight excluding hydrogens is 432 g/mol. The van der Waals surface area contributed by atoms with Gasteiger partial charge in [-0.15, -0.1) is 0 Å². The van der Waals surface area contributed by atoms with Crippen molar-refractivity contribution >= 4 is 23.7 Å². The second kappa shape index (κ2) is 9.02. The zero-order chi connectivity index (χ0) is 23.7. The minimum absolute atomic E-state index is 0.0471. The molecule has 2 amide bonds. The third-order valence-electron chi connectivity index (χ3n) is 6.50. The highest BCUT2D eigenvalue weighted by atomic mass is 16.5. The van der Waals surface area contributed by atoms with Crippen molar-refractivity contribution in [1.82, 2.24) is 4.90 Å². The van der Waals surface area contributed by atoms with Crippen molar-refractivity contribution in [2.45, 2.75) is 24.8 Å². The van der Waals surface area contributed by atoms with Crippen LogP contribution in [0.3, 0.4) is 0 Å². The van der Waals surface area contributed by atoms with Crippen molar-refractivity contribution in [3.8, 4) is 11.1 Å². The van der Waals surface area contributed by atoms with E-state index in [1.807, 2.05) is 24.3 Å². The van der Waals surface area contributed by atoms with Gasteiger partial charge in [0.2, 0.25) is 0 Å². The van der Waals surface area contributed by atoms with E-state index in [-0.39, 0.29) is 18.4 Å². The van der Waals surface area contributed by atoms with Gasteiger partial charge in [0.25, 0.3) is 5.91 Å². The van der Waals surface area contributed by atoms with Gasteiger partial charge in [-0.1, -0.05) is 54.6 Å². The average molecular weight is 456 g/mol. The fourth-order valence-electron chi connectivity index (χ4n) is 4.91. The number of carbonyl (C=O) groups excluding carboxylic acids is 2. The lowest BCUT2D eigenvalue weighted by atomic mass is 9.98. The van der Waals surface area contributed by atoms with Gasteiger partial charge in [-0.25, -0.2) is 9.59 Å². The van der Waals surface area contributed by atoms with Crippen LogP contribution in [0.1, 0.15) is 40.2 Å². The monoisotopic (exact) mass is 456 g/mol. The molecule has 34 heavy (non-hydrogen) atoms. The Labute approximate surface area is 197 Å². The summed E-state index contributed by atoms with van der Waals surface area (Å²) in [5, 5.41) is 12.0. The molecule has 3 aromatic rings. The van der Waals surface area contributed by atoms with Crippen LogP contribution >= 0.6 is 0 Å². The van der Waals surface area contributed by atoms with Crippen LogP contribution in [0.15, 0.2) is 72.8 Å². The molecular formula is C27H24N2O5. The number of benzene rings is 3. The molecule has 7 nitrogen and oxygen atoms in total. The molecule has 5 rings (SSSR count). The molecule has 1 aliphatic carbocycles. The number of hydrogen-bond acceptors (Lipinski definition) is 4. The van der Waals surface area contributed by atoms with Crippen molar-refractivity contribution in [3.63, 3.8) is 0 Å². The number of ether oxygens (including phenoxy) is 1. The number of nitrogens with zero attached hydrogens (tertiary/aromatic N) is 1. The van der Waals surface area contributed by atoms with Crippen molar-refractivity contribution < 1.29 is 24.2 Å². The minimum Gasteiger partial charge on any atom is -0.480 e. The lowest BCUT2D eigenvalue weighted by molar-refractivity contribution is -0.141. The Hall–Kier alpha value is -4.13. The molecule has 1 atom stereocenters. The Morgan fingerprint density at radius 2 is 1.62 bits per heavy atom. The lowest BCUT2D eigenvalue weighted by Crippen LogP contribution is -2.40. The van der Waals surface area contributed by atoms with Crippen LogP contribution in [0.5, 0.6) is 0 Å². The van der Waals surface area contributed by atoms with Crippen molar-refractivity contribution in [2.75, 3.05) is 18.5 Å². The summed E-state index contributed by atoms with van der Waals surface area (Å²) in [5.74, 6) is -1.41. The molecule has 0 bridgehead atoms. The van der Waals surface area contributed by atoms with E-state index >= 15 is 0 Å². The van der Waals surface area contributed by atoms with Crippen LogP contribution in [0.4, 0.5) is 10.5 Å². The van der Waals surface area contributed by atoms with Gasteiger partial charge < -0.3 is 14.7 Å². The second-order valence-electron chi connectivity index (χ2n) is 8.53. The summed E-state index contributed by atoms with van der Waals surface area (Å²) in [6.07, 6.45) is 0.482. The van der Waals surface area contributed by atoms with Gasteiger partial charge in [0.1, 0.15) is 12.6 Å². The van der Waals surface area contributed by atoms with Gasteiger partial charge in [0.15, 0.2) is 0 Å². The summed E-state index contributed by atoms with van der Waals surface area (Å²) in [4.78, 5) is 38.2. The zero-order valence-corrected chi connectivity index (χ0v) is 18.4. The highest BCUT2D eigenvalue weighted by molar-refractivity contribution is 5.98. The summed E-state index contributed by atoms with van der Waals surface area (Å²) >= 11 is 0. The fraction of sp³-hybridized carbons (Fsp3) is 0.222. The molecule has 0 unspecified atom stereocenters. The first kappa shape index (κ1) is 21.7. The zero-order valence-electron chi connectivity index (χ0n) is 18.4. The Morgan fingerprint density at radius 3 is 2.29 bits per heavy atom. The Morgan fingerprint density at radius 1 is 0.941 bits per heavy atom. The Balaban J connectivity index is 1.26. The predicted molar refractivity (Wildman–Crippen MR) is 127 cm³/mol. The predicted octanol–water partition coefficient (Wildman–Crippen LogP) is 4.74. The van der Waals surface area contributed by atoms with E-state index in [4.69, 9.17) is 4.74 Å². The first-order valence-electron chi connectivity index (χ1n) is 11.3. The van der Waals surface area contributed by atoms with Crippen LogP contribution in [0, 0.1) is 0 Å². The van der Waals surface area contributed by atoms with Gasteiger partial charge in [0.05, 0.1) is 0 Å². The first-order valence-corrected chi connectivity index (χ1v) is 11.3. The van der Waals surface area contributed by atoms with E-state index in [0.717, 1.165) is 22.3 Å². The second-order valence-corrected chi connectivity index (χ2v) is 8.53. The maximum absolute atomic E-state index is 12.9. The molecule has 7 heteroatoms. The lowest BCUT2D eigenvalue weighted by Gasteiger charge is -2.21. The smallest absolute Gasteiger partial charge is 0.411 e. The summed E-state index contributed by atoms with van der Waals surface area (Å²) in [5.41, 5.74) is 5.30. The Bertz CT molecular complexity index is 1230. The quantitative estimate of drug-likeness (QED) is 0.578. The molecule has 2 N–H and O–H groups in total. The topological polar surface area (TPSA) is 95.9 Å². The van der Waals surface area contributed by atoms with E-state index in [1.165, 1.54) is 4.90 Å². The third-order valence-corrected chi connectivity index (χ3v) is 6.50. The number of carboxylic acids is 1. The van der Waals surface area contributed by atoms with Crippen LogP contribution < -0.4 is 5.32 Å². The molecule has 2 aliphatic rings. The van der Waals surface area contributed by atoms with E-state index in [1.54, 1.807) is 24.3 Å². The van der Waals surface area contributed by atoms with Gasteiger partial charge in [-0.05, 0) is 53.3 Å². The molecule has 0 saturated carbocycles. The highest BCUT2D eigenvalue weighted by Crippen LogP contribution is 2.44. The molecule has 3 aromatic carbocycles. The maximum Gasteiger partial charge on any atom is 0.411 e. The van der Waals surface area contributed by atoms with E-state index < -0.39 is 18.1 Å². The molecule has 1 heterocycles. The van der Waals surface area contributed by atoms with Crippen molar-refractivity contribution in [3.05, 3.63) is 89.5 Å². The van der Waals surface area contributed by atoms with Gasteiger partial charge in [-0.3, -0.25) is 10.1 Å². The van der Waals surface area contributed by atoms with E-state index in [0.29, 0.717) is 30.6 Å². The summed E-state index contributed by atoms with van der Waals surface area (Å²) in [6.45, 7) is 0.590. The number of fused-ring (bicyclic) bond motifs is 3. The molecule has 0 aromatic heterocycles. The summed E-state index contributed by atoms with van der Waals surface area (Å²) in [6, 6.07) is 21.9. The number of likely N-dealkylation sites (tertiary alicyclic amines) is 1. The van der Waals surface area contributed by atoms with Gasteiger partial charge in [-0.2, -0.15) is 0 Å². The molecule has 172 valence electrons. The molecule has 1 aliphatic heterocycles. The van der Waals surface area contributed by atoms with E-state index in [9.17, 15) is 19.5 Å². The summed E-state index contributed by atoms with van der Waals surface area (Å²) in [7, 11) is 0. The minimum atomic E-state index is -1.00. The number of rotatable bonds is 5. The number of anilines is 1. The fourth-order valence-corrected chi connectivity index (χ4v) is 4.91. The van der Waals surface area contributed by atoms with Crippen LogP contribution in [0.2, 0.25) is 0 Å².